The van der Waals surface area contributed by atoms with Gasteiger partial charge in [0.25, 0.3) is 5.91 Å². The fourth-order valence-corrected chi connectivity index (χ4v) is 7.86. The zero-order valence-electron chi connectivity index (χ0n) is 29.3. The maximum absolute atomic E-state index is 13.7. The number of carbonyl (C=O) groups excluding carboxylic acids is 2. The van der Waals surface area contributed by atoms with Crippen LogP contribution in [0.1, 0.15) is 90.4 Å². The molecule has 0 unspecified atom stereocenters. The number of aromatic nitrogens is 2. The number of para-hydroxylation sites is 1. The molecule has 3 heterocycles. The number of anilines is 2. The molecule has 1 fully saturated rings. The van der Waals surface area contributed by atoms with Crippen molar-refractivity contribution < 1.29 is 19.1 Å². The molecule has 7 rings (SSSR count). The highest BCUT2D eigenvalue weighted by Gasteiger charge is 2.27. The van der Waals surface area contributed by atoms with E-state index >= 15 is 0 Å². The van der Waals surface area contributed by atoms with E-state index in [1.807, 2.05) is 94.4 Å². The first kappa shape index (κ1) is 33.7. The average molecular weight is 689 g/mol. The van der Waals surface area contributed by atoms with Crippen molar-refractivity contribution in [3.63, 3.8) is 0 Å². The van der Waals surface area contributed by atoms with Gasteiger partial charge in [-0.25, -0.2) is 14.8 Å². The van der Waals surface area contributed by atoms with Crippen LogP contribution in [-0.2, 0) is 17.7 Å². The molecule has 1 aliphatic heterocycles. The van der Waals surface area contributed by atoms with Gasteiger partial charge in [-0.1, -0.05) is 60.9 Å². The third kappa shape index (κ3) is 7.53. The SMILES string of the molecule is Cc1cc(OCC2CCCCC2)ccc1-c1ccc(N2CCc3cccc(C(=O)Nc4nc5ccccc5s4)c3C2)nc1C(=O)OC(C)(C)C. The van der Waals surface area contributed by atoms with Gasteiger partial charge in [0.1, 0.15) is 17.2 Å². The Bertz CT molecular complexity index is 2010. The second-order valence-corrected chi connectivity index (χ2v) is 15.4. The molecule has 3 aromatic carbocycles. The van der Waals surface area contributed by atoms with Gasteiger partial charge in [-0.05, 0) is 118 Å². The predicted molar refractivity (Wildman–Crippen MR) is 200 cm³/mol. The highest BCUT2D eigenvalue weighted by atomic mass is 32.1. The zero-order chi connectivity index (χ0) is 34.8. The van der Waals surface area contributed by atoms with Crippen molar-refractivity contribution in [2.45, 2.75) is 78.4 Å². The number of hydrogen-bond acceptors (Lipinski definition) is 8. The Morgan fingerprint density at radius 2 is 1.74 bits per heavy atom. The first-order valence-electron chi connectivity index (χ1n) is 17.6. The van der Waals surface area contributed by atoms with Crippen LogP contribution in [0.2, 0.25) is 0 Å². The topological polar surface area (TPSA) is 93.6 Å². The molecule has 1 amide bonds. The number of pyridine rings is 1. The lowest BCUT2D eigenvalue weighted by atomic mass is 9.90. The molecular formula is C41H44N4O4S. The van der Waals surface area contributed by atoms with E-state index in [-0.39, 0.29) is 11.6 Å². The minimum Gasteiger partial charge on any atom is -0.493 e. The third-order valence-electron chi connectivity index (χ3n) is 9.53. The largest absolute Gasteiger partial charge is 0.493 e. The van der Waals surface area contributed by atoms with Gasteiger partial charge in [0.15, 0.2) is 10.8 Å². The molecule has 1 N–H and O–H groups in total. The molecule has 0 saturated heterocycles. The van der Waals surface area contributed by atoms with Crippen molar-refractivity contribution in [1.82, 2.24) is 9.97 Å². The summed E-state index contributed by atoms with van der Waals surface area (Å²) in [4.78, 5) is 39.0. The van der Waals surface area contributed by atoms with Crippen LogP contribution in [0.5, 0.6) is 5.75 Å². The highest BCUT2D eigenvalue weighted by Crippen LogP contribution is 2.34. The van der Waals surface area contributed by atoms with Gasteiger partial charge in [-0.15, -0.1) is 0 Å². The summed E-state index contributed by atoms with van der Waals surface area (Å²) in [7, 11) is 0. The number of fused-ring (bicyclic) bond motifs is 2. The predicted octanol–water partition coefficient (Wildman–Crippen LogP) is 9.40. The van der Waals surface area contributed by atoms with Gasteiger partial charge < -0.3 is 14.4 Å². The first-order valence-corrected chi connectivity index (χ1v) is 18.4. The van der Waals surface area contributed by atoms with Crippen LogP contribution in [0.3, 0.4) is 0 Å². The van der Waals surface area contributed by atoms with E-state index in [0.29, 0.717) is 41.1 Å². The van der Waals surface area contributed by atoms with Crippen molar-refractivity contribution in [3.05, 3.63) is 101 Å². The number of benzene rings is 3. The number of rotatable bonds is 8. The molecule has 1 aliphatic carbocycles. The summed E-state index contributed by atoms with van der Waals surface area (Å²) in [6, 6.07) is 23.7. The Kier molecular flexibility index (Phi) is 9.60. The lowest BCUT2D eigenvalue weighted by molar-refractivity contribution is 0.00638. The number of esters is 1. The Labute approximate surface area is 297 Å². The van der Waals surface area contributed by atoms with Crippen molar-refractivity contribution in [2.75, 3.05) is 23.4 Å². The lowest BCUT2D eigenvalue weighted by Gasteiger charge is -2.31. The summed E-state index contributed by atoms with van der Waals surface area (Å²) < 4.78 is 13.1. The second-order valence-electron chi connectivity index (χ2n) is 14.4. The monoisotopic (exact) mass is 688 g/mol. The molecule has 0 bridgehead atoms. The number of hydrogen-bond donors (Lipinski definition) is 1. The normalized spacial score (nSPS) is 15.1. The molecular weight excluding hydrogens is 645 g/mol. The van der Waals surface area contributed by atoms with Gasteiger partial charge in [-0.2, -0.15) is 0 Å². The smallest absolute Gasteiger partial charge is 0.358 e. The summed E-state index contributed by atoms with van der Waals surface area (Å²) in [5, 5.41) is 3.59. The third-order valence-corrected chi connectivity index (χ3v) is 10.5. The molecule has 0 atom stereocenters. The Morgan fingerprint density at radius 3 is 2.52 bits per heavy atom. The number of aryl methyl sites for hydroxylation is 1. The molecule has 0 spiro atoms. The van der Waals surface area contributed by atoms with Gasteiger partial charge in [0.05, 0.1) is 16.8 Å². The first-order chi connectivity index (χ1) is 24.1. The van der Waals surface area contributed by atoms with E-state index in [9.17, 15) is 9.59 Å². The lowest BCUT2D eigenvalue weighted by Crippen LogP contribution is -2.33. The molecule has 1 saturated carbocycles. The fraction of sp³-hybridized carbons (Fsp3) is 0.366. The van der Waals surface area contributed by atoms with E-state index in [0.717, 1.165) is 51.2 Å². The van der Waals surface area contributed by atoms with Crippen LogP contribution in [0.4, 0.5) is 10.9 Å². The number of nitrogens with one attached hydrogen (secondary N) is 1. The summed E-state index contributed by atoms with van der Waals surface area (Å²) in [6.45, 7) is 9.54. The van der Waals surface area contributed by atoms with Crippen LogP contribution in [0.15, 0.2) is 72.8 Å². The highest BCUT2D eigenvalue weighted by molar-refractivity contribution is 7.22. The number of ether oxygens (including phenoxy) is 2. The van der Waals surface area contributed by atoms with Gasteiger partial charge >= 0.3 is 5.97 Å². The van der Waals surface area contributed by atoms with Crippen molar-refractivity contribution >= 4 is 44.4 Å². The minimum absolute atomic E-state index is 0.192. The minimum atomic E-state index is -0.687. The van der Waals surface area contributed by atoms with Gasteiger partial charge in [-0.3, -0.25) is 10.1 Å². The number of carbonyl (C=O) groups is 2. The van der Waals surface area contributed by atoms with E-state index in [1.54, 1.807) is 0 Å². The molecule has 8 nitrogen and oxygen atoms in total. The molecule has 50 heavy (non-hydrogen) atoms. The Balaban J connectivity index is 1.15. The summed E-state index contributed by atoms with van der Waals surface area (Å²) in [6.07, 6.45) is 7.10. The van der Waals surface area contributed by atoms with Crippen LogP contribution in [-0.4, -0.2) is 40.6 Å². The second kappa shape index (κ2) is 14.2. The van der Waals surface area contributed by atoms with Gasteiger partial charge in [0, 0.05) is 24.2 Å². The number of nitrogens with zero attached hydrogens (tertiary/aromatic N) is 3. The molecule has 9 heteroatoms. The number of thiazole rings is 1. The molecule has 5 aromatic rings. The maximum Gasteiger partial charge on any atom is 0.358 e. The van der Waals surface area contributed by atoms with E-state index in [1.165, 1.54) is 43.4 Å². The van der Waals surface area contributed by atoms with Crippen LogP contribution < -0.4 is 15.0 Å². The van der Waals surface area contributed by atoms with Crippen molar-refractivity contribution in [3.8, 4) is 16.9 Å². The molecule has 258 valence electrons. The average Bonchev–Trinajstić information content (AvgIpc) is 3.52. The maximum atomic E-state index is 13.7. The van der Waals surface area contributed by atoms with Crippen molar-refractivity contribution in [1.29, 1.82) is 0 Å². The zero-order valence-corrected chi connectivity index (χ0v) is 30.1. The molecule has 0 radical (unpaired) electrons. The summed E-state index contributed by atoms with van der Waals surface area (Å²) in [5.74, 6) is 1.45. The van der Waals surface area contributed by atoms with Gasteiger partial charge in [0.2, 0.25) is 0 Å². The summed E-state index contributed by atoms with van der Waals surface area (Å²) in [5.41, 5.74) is 5.75. The molecule has 2 aliphatic rings. The van der Waals surface area contributed by atoms with E-state index in [4.69, 9.17) is 14.5 Å². The van der Waals surface area contributed by atoms with Crippen molar-refractivity contribution in [2.24, 2.45) is 5.92 Å². The van der Waals surface area contributed by atoms with E-state index < -0.39 is 11.6 Å². The van der Waals surface area contributed by atoms with E-state index in [2.05, 4.69) is 21.3 Å². The van der Waals surface area contributed by atoms with Crippen LogP contribution in [0, 0.1) is 12.8 Å². The van der Waals surface area contributed by atoms with Crippen LogP contribution in [0.25, 0.3) is 21.3 Å². The fourth-order valence-electron chi connectivity index (χ4n) is 7.00. The number of amides is 1. The quantitative estimate of drug-likeness (QED) is 0.162. The Morgan fingerprint density at radius 1 is 0.940 bits per heavy atom. The molecule has 2 aromatic heterocycles. The standard InChI is InChI=1S/C41H44N4O4S/c1-26-23-29(48-25-27-11-6-5-7-12-27)17-18-30(26)31-19-20-36(43-37(31)39(47)49-41(2,3)4)45-22-21-28-13-10-14-32(33(28)24-45)38(46)44-40-42-34-15-8-9-16-35(34)50-40/h8-10,13-20,23,27H,5-7,11-12,21-22,24-25H2,1-4H3,(H,42,44,46). The summed E-state index contributed by atoms with van der Waals surface area (Å²) >= 11 is 1.46. The Hall–Kier alpha value is -4.76. The van der Waals surface area contributed by atoms with Crippen LogP contribution >= 0.6 is 11.3 Å².